The van der Waals surface area contributed by atoms with Crippen molar-refractivity contribution in [1.82, 2.24) is 0 Å². The van der Waals surface area contributed by atoms with Gasteiger partial charge in [0.25, 0.3) is 0 Å². The minimum absolute atomic E-state index is 0.453. The van der Waals surface area contributed by atoms with E-state index in [4.69, 9.17) is 10.6 Å². The molecule has 0 spiro atoms. The van der Waals surface area contributed by atoms with Crippen molar-refractivity contribution in [3.8, 4) is 5.75 Å². The van der Waals surface area contributed by atoms with Crippen molar-refractivity contribution in [2.24, 2.45) is 0 Å². The highest BCUT2D eigenvalue weighted by Gasteiger charge is 2.11. The fourth-order valence-electron chi connectivity index (χ4n) is 0.782. The molecule has 0 saturated carbocycles. The topological polar surface area (TPSA) is 77.8 Å². The molecule has 3 N–H and O–H groups in total. The first-order chi connectivity index (χ1) is 7.77. The maximum absolute atomic E-state index is 10.4. The van der Waals surface area contributed by atoms with Gasteiger partial charge in [-0.05, 0) is 17.6 Å². The molecular formula is C9H10O4. The maximum Gasteiger partial charge on any atom is 0.306 e. The van der Waals surface area contributed by atoms with Crippen molar-refractivity contribution < 1.29 is 25.6 Å². The van der Waals surface area contributed by atoms with Crippen LogP contribution in [0.25, 0.3) is 0 Å². The largest absolute Gasteiger partial charge is 0.508 e. The number of phenols is 1. The highest BCUT2D eigenvalue weighted by atomic mass is 16.4. The SMILES string of the molecule is [2H]c1c([2H])c(O)c([2H])c(C(O)CC(=O)O)c1[2H]. The number of carboxylic acids is 1. The Bertz CT molecular complexity index is 446. The van der Waals surface area contributed by atoms with E-state index in [9.17, 15) is 15.0 Å². The van der Waals surface area contributed by atoms with Gasteiger partial charge in [0, 0.05) is 0 Å². The number of aliphatic hydroxyl groups is 1. The average molecular weight is 186 g/mol. The van der Waals surface area contributed by atoms with E-state index in [0.29, 0.717) is 0 Å². The smallest absolute Gasteiger partial charge is 0.306 e. The molecule has 1 aromatic carbocycles. The normalized spacial score (nSPS) is 16.7. The lowest BCUT2D eigenvalue weighted by Crippen LogP contribution is -2.04. The number of hydrogen-bond donors (Lipinski definition) is 3. The van der Waals surface area contributed by atoms with Crippen LogP contribution in [0.15, 0.2) is 24.2 Å². The van der Waals surface area contributed by atoms with Gasteiger partial charge < -0.3 is 15.3 Å². The summed E-state index contributed by atoms with van der Waals surface area (Å²) >= 11 is 0. The Morgan fingerprint density at radius 1 is 1.62 bits per heavy atom. The van der Waals surface area contributed by atoms with Crippen LogP contribution in [0.1, 0.15) is 23.6 Å². The third-order valence-corrected chi connectivity index (χ3v) is 1.33. The van der Waals surface area contributed by atoms with Crippen LogP contribution in [0.4, 0.5) is 0 Å². The lowest BCUT2D eigenvalue weighted by atomic mass is 10.1. The number of carboxylic acid groups (broad SMARTS) is 1. The second kappa shape index (κ2) is 3.91. The summed E-state index contributed by atoms with van der Waals surface area (Å²) < 4.78 is 29.4. The second-order valence-corrected chi connectivity index (χ2v) is 2.38. The van der Waals surface area contributed by atoms with Crippen LogP contribution < -0.4 is 0 Å². The molecule has 4 heteroatoms. The van der Waals surface area contributed by atoms with Gasteiger partial charge in [-0.3, -0.25) is 4.79 Å². The Labute approximate surface area is 80.7 Å². The number of benzene rings is 1. The zero-order valence-electron chi connectivity index (χ0n) is 10.5. The fraction of sp³-hybridized carbons (Fsp3) is 0.222. The Balaban J connectivity index is 3.38. The standard InChI is InChI=1S/C9H10O4/c10-7-3-1-2-6(4-7)8(11)5-9(12)13/h1-4,8,10-11H,5H2,(H,12,13)/i1D,2D,3D,4D. The summed E-state index contributed by atoms with van der Waals surface area (Å²) in [5.74, 6) is -2.18. The fourth-order valence-corrected chi connectivity index (χ4v) is 0.782. The molecule has 0 saturated heterocycles. The average Bonchev–Trinajstić information content (AvgIpc) is 2.23. The number of aromatic hydroxyl groups is 1. The molecule has 70 valence electrons. The predicted molar refractivity (Wildman–Crippen MR) is 45.3 cm³/mol. The highest BCUT2D eigenvalue weighted by molar-refractivity contribution is 5.67. The van der Waals surface area contributed by atoms with Crippen molar-refractivity contribution in [2.45, 2.75) is 12.5 Å². The van der Waals surface area contributed by atoms with Gasteiger partial charge in [0.2, 0.25) is 0 Å². The molecule has 0 fully saturated rings. The van der Waals surface area contributed by atoms with E-state index < -0.39 is 54.0 Å². The van der Waals surface area contributed by atoms with E-state index in [2.05, 4.69) is 0 Å². The maximum atomic E-state index is 10.4. The molecule has 1 atom stereocenters. The van der Waals surface area contributed by atoms with Crippen molar-refractivity contribution in [1.29, 1.82) is 0 Å². The first-order valence-corrected chi connectivity index (χ1v) is 3.46. The summed E-state index contributed by atoms with van der Waals surface area (Å²) in [5.41, 5.74) is -0.453. The molecule has 0 bridgehead atoms. The van der Waals surface area contributed by atoms with Gasteiger partial charge in [-0.25, -0.2) is 0 Å². The molecule has 0 amide bonds. The number of phenolic OH excluding ortho intramolecular Hbond substituents is 1. The van der Waals surface area contributed by atoms with Crippen molar-refractivity contribution in [3.63, 3.8) is 0 Å². The van der Waals surface area contributed by atoms with Gasteiger partial charge in [-0.15, -0.1) is 0 Å². The Morgan fingerprint density at radius 3 is 2.92 bits per heavy atom. The molecule has 0 aromatic heterocycles. The molecule has 1 aromatic rings. The van der Waals surface area contributed by atoms with Crippen LogP contribution in [-0.4, -0.2) is 21.3 Å². The van der Waals surface area contributed by atoms with E-state index in [1.54, 1.807) is 0 Å². The molecule has 0 aliphatic rings. The molecule has 0 heterocycles. The first kappa shape index (κ1) is 5.24. The number of carbonyl (C=O) groups is 1. The highest BCUT2D eigenvalue weighted by Crippen LogP contribution is 2.20. The monoisotopic (exact) mass is 186 g/mol. The third kappa shape index (κ3) is 2.76. The molecule has 1 unspecified atom stereocenters. The molecule has 1 rings (SSSR count). The summed E-state index contributed by atoms with van der Waals surface area (Å²) in [4.78, 5) is 10.4. The quantitative estimate of drug-likeness (QED) is 0.655. The minimum Gasteiger partial charge on any atom is -0.508 e. The van der Waals surface area contributed by atoms with E-state index in [1.807, 2.05) is 0 Å². The number of rotatable bonds is 3. The number of aliphatic hydroxyl groups excluding tert-OH is 1. The summed E-state index contributed by atoms with van der Waals surface area (Å²) in [6, 6.07) is -2.65. The number of aliphatic carboxylic acids is 1. The second-order valence-electron chi connectivity index (χ2n) is 2.38. The van der Waals surface area contributed by atoms with Crippen LogP contribution in [0.5, 0.6) is 5.75 Å². The summed E-state index contributed by atoms with van der Waals surface area (Å²) in [7, 11) is 0. The summed E-state index contributed by atoms with van der Waals surface area (Å²) in [5, 5.41) is 27.3. The van der Waals surface area contributed by atoms with Crippen LogP contribution >= 0.6 is 0 Å². The molecular weight excluding hydrogens is 172 g/mol. The molecule has 4 nitrogen and oxygen atoms in total. The van der Waals surface area contributed by atoms with Gasteiger partial charge in [0.15, 0.2) is 0 Å². The van der Waals surface area contributed by atoms with E-state index in [0.717, 1.165) is 0 Å². The lowest BCUT2D eigenvalue weighted by Gasteiger charge is -2.07. The third-order valence-electron chi connectivity index (χ3n) is 1.33. The molecule has 0 aliphatic carbocycles. The van der Waals surface area contributed by atoms with Crippen LogP contribution in [0.2, 0.25) is 0 Å². The lowest BCUT2D eigenvalue weighted by molar-refractivity contribution is -0.139. The number of hydrogen-bond acceptors (Lipinski definition) is 3. The Morgan fingerprint density at radius 2 is 2.31 bits per heavy atom. The van der Waals surface area contributed by atoms with Gasteiger partial charge in [-0.2, -0.15) is 0 Å². The molecule has 0 aliphatic heterocycles. The van der Waals surface area contributed by atoms with Crippen molar-refractivity contribution in [3.05, 3.63) is 29.7 Å². The zero-order chi connectivity index (χ0) is 13.3. The molecule has 0 radical (unpaired) electrons. The first-order valence-electron chi connectivity index (χ1n) is 5.46. The summed E-state index contributed by atoms with van der Waals surface area (Å²) in [6.45, 7) is 0. The van der Waals surface area contributed by atoms with Gasteiger partial charge in [0.1, 0.15) is 5.75 Å². The van der Waals surface area contributed by atoms with E-state index in [1.165, 1.54) is 0 Å². The Kier molecular flexibility index (Phi) is 1.58. The minimum atomic E-state index is -1.66. The predicted octanol–water partition coefficient (Wildman–Crippen LogP) is 0.900. The van der Waals surface area contributed by atoms with Gasteiger partial charge in [0.05, 0.1) is 18.0 Å². The Hall–Kier alpha value is -1.55. The zero-order valence-corrected chi connectivity index (χ0v) is 6.53. The van der Waals surface area contributed by atoms with Gasteiger partial charge in [-0.1, -0.05) is 12.1 Å². The van der Waals surface area contributed by atoms with E-state index >= 15 is 0 Å². The van der Waals surface area contributed by atoms with Gasteiger partial charge >= 0.3 is 5.97 Å². The van der Waals surface area contributed by atoms with Crippen LogP contribution in [0.3, 0.4) is 0 Å². The van der Waals surface area contributed by atoms with Crippen LogP contribution in [-0.2, 0) is 4.79 Å². The van der Waals surface area contributed by atoms with E-state index in [-0.39, 0.29) is 0 Å². The summed E-state index contributed by atoms with van der Waals surface area (Å²) in [6.07, 6.45) is -2.41. The van der Waals surface area contributed by atoms with Crippen molar-refractivity contribution in [2.75, 3.05) is 0 Å². The van der Waals surface area contributed by atoms with Crippen molar-refractivity contribution >= 4 is 5.97 Å². The molecule has 13 heavy (non-hydrogen) atoms. The van der Waals surface area contributed by atoms with Crippen LogP contribution in [0, 0.1) is 0 Å².